The van der Waals surface area contributed by atoms with Crippen molar-refractivity contribution in [2.75, 3.05) is 18.4 Å². The van der Waals surface area contributed by atoms with Crippen molar-refractivity contribution in [3.8, 4) is 0 Å². The highest BCUT2D eigenvalue weighted by molar-refractivity contribution is 8.01. The van der Waals surface area contributed by atoms with E-state index < -0.39 is 10.0 Å². The van der Waals surface area contributed by atoms with Crippen LogP contribution in [0.2, 0.25) is 0 Å². The lowest BCUT2D eigenvalue weighted by atomic mass is 9.99. The maximum absolute atomic E-state index is 12.7. The Hall–Kier alpha value is -1.01. The third-order valence-corrected chi connectivity index (χ3v) is 8.98. The zero-order chi connectivity index (χ0) is 18.7. The highest BCUT2D eigenvalue weighted by Crippen LogP contribution is 2.30. The number of rotatable bonds is 6. The van der Waals surface area contributed by atoms with Crippen molar-refractivity contribution in [1.82, 2.24) is 14.5 Å². The number of hydrogen-bond acceptors (Lipinski definition) is 8. The molecule has 1 amide bonds. The average Bonchev–Trinajstić information content (AvgIpc) is 3.27. The first-order chi connectivity index (χ1) is 12.4. The first kappa shape index (κ1) is 19.7. The number of thiophene rings is 1. The number of amides is 1. The molecule has 2 aromatic heterocycles. The molecule has 0 bridgehead atoms. The van der Waals surface area contributed by atoms with E-state index in [1.807, 2.05) is 0 Å². The van der Waals surface area contributed by atoms with Crippen LogP contribution >= 0.6 is 34.4 Å². The van der Waals surface area contributed by atoms with E-state index in [9.17, 15) is 13.2 Å². The van der Waals surface area contributed by atoms with Crippen LogP contribution in [0.3, 0.4) is 0 Å². The van der Waals surface area contributed by atoms with Gasteiger partial charge in [0.2, 0.25) is 11.0 Å². The van der Waals surface area contributed by atoms with Crippen molar-refractivity contribution in [1.29, 1.82) is 0 Å². The summed E-state index contributed by atoms with van der Waals surface area (Å²) >= 11 is 4.12. The molecule has 0 spiro atoms. The highest BCUT2D eigenvalue weighted by Gasteiger charge is 2.34. The fraction of sp³-hybridized carbons (Fsp3) is 0.533. The molecule has 2 aromatic rings. The van der Waals surface area contributed by atoms with Crippen molar-refractivity contribution in [2.24, 2.45) is 5.92 Å². The Morgan fingerprint density at radius 1 is 1.42 bits per heavy atom. The van der Waals surface area contributed by atoms with Gasteiger partial charge >= 0.3 is 0 Å². The number of nitrogens with one attached hydrogen (secondary N) is 1. The van der Waals surface area contributed by atoms with Crippen LogP contribution < -0.4 is 5.32 Å². The van der Waals surface area contributed by atoms with Gasteiger partial charge in [-0.05, 0) is 24.3 Å². The summed E-state index contributed by atoms with van der Waals surface area (Å²) in [6.45, 7) is 4.76. The standard InChI is InChI=1S/C15H20N4O3S4/c1-10(2)24-15-18-17-14(25-15)16-13(20)11-5-3-7-19(9-11)26(21,22)12-6-4-8-23-12/h4,6,8,10-11H,3,5,7,9H2,1-2H3,(H,16,17,20). The van der Waals surface area contributed by atoms with Gasteiger partial charge in [0, 0.05) is 18.3 Å². The molecule has 0 saturated carbocycles. The molecule has 1 fully saturated rings. The first-order valence-corrected chi connectivity index (χ1v) is 12.2. The van der Waals surface area contributed by atoms with Crippen LogP contribution in [0.25, 0.3) is 0 Å². The molecular formula is C15H20N4O3S4. The monoisotopic (exact) mass is 432 g/mol. The third-order valence-electron chi connectivity index (χ3n) is 3.82. The Morgan fingerprint density at radius 2 is 2.23 bits per heavy atom. The van der Waals surface area contributed by atoms with E-state index in [0.29, 0.717) is 34.0 Å². The van der Waals surface area contributed by atoms with Gasteiger partial charge in [-0.2, -0.15) is 4.31 Å². The van der Waals surface area contributed by atoms with Gasteiger partial charge in [0.1, 0.15) is 4.21 Å². The number of hydrogen-bond donors (Lipinski definition) is 1. The van der Waals surface area contributed by atoms with Crippen molar-refractivity contribution in [2.45, 2.75) is 40.5 Å². The lowest BCUT2D eigenvalue weighted by molar-refractivity contribution is -0.120. The quantitative estimate of drug-likeness (QED) is 0.557. The molecule has 0 aromatic carbocycles. The molecule has 1 saturated heterocycles. The molecule has 3 rings (SSSR count). The number of anilines is 1. The number of thioether (sulfide) groups is 1. The zero-order valence-electron chi connectivity index (χ0n) is 14.4. The molecule has 1 aliphatic heterocycles. The van der Waals surface area contributed by atoms with Crippen molar-refractivity contribution < 1.29 is 13.2 Å². The van der Waals surface area contributed by atoms with Crippen LogP contribution in [0.4, 0.5) is 5.13 Å². The Morgan fingerprint density at radius 3 is 2.92 bits per heavy atom. The molecule has 1 unspecified atom stereocenters. The van der Waals surface area contributed by atoms with Crippen LogP contribution in [-0.4, -0.2) is 47.2 Å². The van der Waals surface area contributed by atoms with Gasteiger partial charge in [0.25, 0.3) is 10.0 Å². The zero-order valence-corrected chi connectivity index (χ0v) is 17.7. The smallest absolute Gasteiger partial charge is 0.252 e. The van der Waals surface area contributed by atoms with Gasteiger partial charge in [-0.15, -0.1) is 21.5 Å². The number of piperidine rings is 1. The van der Waals surface area contributed by atoms with Crippen LogP contribution in [0.15, 0.2) is 26.1 Å². The topological polar surface area (TPSA) is 92.3 Å². The Bertz CT molecular complexity index is 848. The lowest BCUT2D eigenvalue weighted by Gasteiger charge is -2.30. The average molecular weight is 433 g/mol. The van der Waals surface area contributed by atoms with Crippen LogP contribution in [-0.2, 0) is 14.8 Å². The summed E-state index contributed by atoms with van der Waals surface area (Å²) in [6.07, 6.45) is 1.32. The predicted molar refractivity (Wildman–Crippen MR) is 105 cm³/mol. The molecule has 0 radical (unpaired) electrons. The lowest BCUT2D eigenvalue weighted by Crippen LogP contribution is -2.43. The summed E-state index contributed by atoms with van der Waals surface area (Å²) in [5.74, 6) is -0.586. The fourth-order valence-electron chi connectivity index (χ4n) is 2.63. The van der Waals surface area contributed by atoms with E-state index in [2.05, 4.69) is 29.4 Å². The molecule has 1 aliphatic rings. The largest absolute Gasteiger partial charge is 0.300 e. The van der Waals surface area contributed by atoms with Crippen LogP contribution in [0.1, 0.15) is 26.7 Å². The maximum atomic E-state index is 12.7. The van der Waals surface area contributed by atoms with Crippen molar-refractivity contribution >= 4 is 55.5 Å². The molecule has 1 N–H and O–H groups in total. The predicted octanol–water partition coefficient (Wildman–Crippen LogP) is 3.14. The van der Waals surface area contributed by atoms with Crippen LogP contribution in [0, 0.1) is 5.92 Å². The molecule has 3 heterocycles. The normalized spacial score (nSPS) is 19.0. The SMILES string of the molecule is CC(C)Sc1nnc(NC(=O)C2CCCN(S(=O)(=O)c3cccs3)C2)s1. The van der Waals surface area contributed by atoms with Crippen molar-refractivity contribution in [3.63, 3.8) is 0 Å². The first-order valence-electron chi connectivity index (χ1n) is 8.21. The summed E-state index contributed by atoms with van der Waals surface area (Å²) < 4.78 is 27.9. The molecule has 1 atom stereocenters. The Balaban J connectivity index is 1.64. The number of sulfonamides is 1. The van der Waals surface area contributed by atoms with E-state index in [4.69, 9.17) is 0 Å². The van der Waals surface area contributed by atoms with E-state index >= 15 is 0 Å². The summed E-state index contributed by atoms with van der Waals surface area (Å²) in [7, 11) is -3.52. The molecule has 7 nitrogen and oxygen atoms in total. The van der Waals surface area contributed by atoms with E-state index in [1.54, 1.807) is 29.3 Å². The van der Waals surface area contributed by atoms with Gasteiger partial charge in [-0.25, -0.2) is 8.42 Å². The number of carbonyl (C=O) groups is 1. The van der Waals surface area contributed by atoms with Crippen LogP contribution in [0.5, 0.6) is 0 Å². The molecule has 142 valence electrons. The van der Waals surface area contributed by atoms with Gasteiger partial charge in [-0.3, -0.25) is 4.79 Å². The minimum Gasteiger partial charge on any atom is -0.300 e. The molecular weight excluding hydrogens is 412 g/mol. The summed E-state index contributed by atoms with van der Waals surface area (Å²) in [5, 5.41) is 13.4. The molecule has 11 heteroatoms. The van der Waals surface area contributed by atoms with Gasteiger partial charge in [-0.1, -0.05) is 43.0 Å². The number of aromatic nitrogens is 2. The molecule has 26 heavy (non-hydrogen) atoms. The van der Waals surface area contributed by atoms with E-state index in [0.717, 1.165) is 4.34 Å². The second-order valence-electron chi connectivity index (χ2n) is 6.16. The Kier molecular flexibility index (Phi) is 6.33. The number of carbonyl (C=O) groups excluding carboxylic acids is 1. The van der Waals surface area contributed by atoms with Gasteiger partial charge in [0.15, 0.2) is 4.34 Å². The highest BCUT2D eigenvalue weighted by atomic mass is 32.2. The second-order valence-corrected chi connectivity index (χ2v) is 12.1. The Labute approximate surface area is 165 Å². The van der Waals surface area contributed by atoms with E-state index in [1.165, 1.54) is 27.0 Å². The van der Waals surface area contributed by atoms with Gasteiger partial charge < -0.3 is 5.32 Å². The fourth-order valence-corrected chi connectivity index (χ4v) is 7.28. The number of nitrogens with zero attached hydrogens (tertiary/aromatic N) is 3. The minimum absolute atomic E-state index is 0.193. The summed E-state index contributed by atoms with van der Waals surface area (Å²) in [6, 6.07) is 3.31. The van der Waals surface area contributed by atoms with Crippen molar-refractivity contribution in [3.05, 3.63) is 17.5 Å². The summed E-state index contributed by atoms with van der Waals surface area (Å²) in [4.78, 5) is 12.6. The maximum Gasteiger partial charge on any atom is 0.252 e. The minimum atomic E-state index is -3.52. The second kappa shape index (κ2) is 8.34. The van der Waals surface area contributed by atoms with Gasteiger partial charge in [0.05, 0.1) is 5.92 Å². The summed E-state index contributed by atoms with van der Waals surface area (Å²) in [5.41, 5.74) is 0. The third kappa shape index (κ3) is 4.63. The molecule has 0 aliphatic carbocycles. The van der Waals surface area contributed by atoms with E-state index in [-0.39, 0.29) is 18.4 Å².